The number of aromatic nitrogens is 4. The number of nitrogens with zero attached hydrogens (tertiary/aromatic N) is 4. The lowest BCUT2D eigenvalue weighted by Gasteiger charge is -2.12. The van der Waals surface area contributed by atoms with Gasteiger partial charge in [-0.05, 0) is 55.5 Å². The maximum atomic E-state index is 12.7. The van der Waals surface area contributed by atoms with Crippen molar-refractivity contribution < 1.29 is 14.3 Å². The number of hydrogen-bond acceptors (Lipinski definition) is 7. The number of amides is 1. The number of carbonyl (C=O) groups is 1. The van der Waals surface area contributed by atoms with E-state index in [4.69, 9.17) is 9.47 Å². The molecule has 0 aliphatic heterocycles. The number of pyridine rings is 1. The Hall–Kier alpha value is -3.85. The zero-order valence-corrected chi connectivity index (χ0v) is 19.1. The number of carbonyl (C=O) groups excluding carboxylic acids is 1. The number of anilines is 1. The van der Waals surface area contributed by atoms with Crippen molar-refractivity contribution in [2.75, 3.05) is 24.8 Å². The van der Waals surface area contributed by atoms with Gasteiger partial charge < -0.3 is 14.8 Å². The van der Waals surface area contributed by atoms with E-state index in [9.17, 15) is 4.79 Å². The minimum Gasteiger partial charge on any atom is -0.497 e. The van der Waals surface area contributed by atoms with Gasteiger partial charge in [0.15, 0.2) is 11.0 Å². The molecule has 0 bridgehead atoms. The van der Waals surface area contributed by atoms with E-state index in [1.165, 1.54) is 11.8 Å². The van der Waals surface area contributed by atoms with E-state index in [0.29, 0.717) is 29.0 Å². The first-order valence-electron chi connectivity index (χ1n) is 10.3. The van der Waals surface area contributed by atoms with E-state index in [2.05, 4.69) is 20.5 Å². The predicted octanol–water partition coefficient (Wildman–Crippen LogP) is 4.47. The smallest absolute Gasteiger partial charge is 0.234 e. The van der Waals surface area contributed by atoms with Crippen molar-refractivity contribution >= 4 is 23.4 Å². The van der Waals surface area contributed by atoms with E-state index in [1.807, 2.05) is 72.2 Å². The summed E-state index contributed by atoms with van der Waals surface area (Å²) < 4.78 is 12.8. The Kier molecular flexibility index (Phi) is 7.21. The van der Waals surface area contributed by atoms with Crippen molar-refractivity contribution in [1.29, 1.82) is 0 Å². The van der Waals surface area contributed by atoms with Crippen molar-refractivity contribution in [2.45, 2.75) is 12.1 Å². The molecule has 1 N–H and O–H groups in total. The van der Waals surface area contributed by atoms with Gasteiger partial charge in [0, 0.05) is 23.6 Å². The van der Waals surface area contributed by atoms with E-state index >= 15 is 0 Å². The molecule has 4 rings (SSSR count). The number of rotatable bonds is 9. The monoisotopic (exact) mass is 461 g/mol. The van der Waals surface area contributed by atoms with E-state index in [1.54, 1.807) is 19.5 Å². The van der Waals surface area contributed by atoms with Crippen molar-refractivity contribution in [2.24, 2.45) is 0 Å². The summed E-state index contributed by atoms with van der Waals surface area (Å²) in [5, 5.41) is 12.3. The maximum Gasteiger partial charge on any atom is 0.234 e. The molecule has 33 heavy (non-hydrogen) atoms. The van der Waals surface area contributed by atoms with Crippen LogP contribution in [-0.4, -0.2) is 45.1 Å². The van der Waals surface area contributed by atoms with Crippen LogP contribution in [0.25, 0.3) is 17.1 Å². The van der Waals surface area contributed by atoms with Crippen molar-refractivity contribution in [3.8, 4) is 28.6 Å². The third-order valence-corrected chi connectivity index (χ3v) is 5.62. The van der Waals surface area contributed by atoms with Crippen LogP contribution in [0.1, 0.15) is 6.92 Å². The van der Waals surface area contributed by atoms with E-state index in [0.717, 1.165) is 17.0 Å². The average molecular weight is 462 g/mol. The lowest BCUT2D eigenvalue weighted by Crippen LogP contribution is -2.15. The molecule has 4 aromatic rings. The molecular formula is C24H23N5O3S. The lowest BCUT2D eigenvalue weighted by molar-refractivity contribution is -0.113. The molecule has 0 radical (unpaired) electrons. The number of para-hydroxylation sites is 2. The summed E-state index contributed by atoms with van der Waals surface area (Å²) in [5.74, 6) is 2.04. The third-order valence-electron chi connectivity index (χ3n) is 4.70. The number of thioether (sulfide) groups is 1. The summed E-state index contributed by atoms with van der Waals surface area (Å²) in [6.07, 6.45) is 3.41. The third kappa shape index (κ3) is 5.32. The van der Waals surface area contributed by atoms with Crippen LogP contribution >= 0.6 is 11.8 Å². The molecule has 0 spiro atoms. The summed E-state index contributed by atoms with van der Waals surface area (Å²) in [5.41, 5.74) is 2.37. The molecule has 0 aliphatic rings. The van der Waals surface area contributed by atoms with Gasteiger partial charge in [-0.25, -0.2) is 0 Å². The Balaban J connectivity index is 1.57. The van der Waals surface area contributed by atoms with Gasteiger partial charge >= 0.3 is 0 Å². The van der Waals surface area contributed by atoms with Crippen LogP contribution in [0.4, 0.5) is 5.69 Å². The quantitative estimate of drug-likeness (QED) is 0.368. The Morgan fingerprint density at radius 2 is 1.79 bits per heavy atom. The highest BCUT2D eigenvalue weighted by Gasteiger charge is 2.18. The molecule has 0 unspecified atom stereocenters. The van der Waals surface area contributed by atoms with Crippen molar-refractivity contribution in [1.82, 2.24) is 19.7 Å². The first-order chi connectivity index (χ1) is 16.2. The van der Waals surface area contributed by atoms with E-state index < -0.39 is 0 Å². The molecule has 168 valence electrons. The van der Waals surface area contributed by atoms with Gasteiger partial charge in [-0.15, -0.1) is 10.2 Å². The fraction of sp³-hybridized carbons (Fsp3) is 0.167. The topological polar surface area (TPSA) is 91.2 Å². The Morgan fingerprint density at radius 3 is 2.52 bits per heavy atom. The molecular weight excluding hydrogens is 438 g/mol. The average Bonchev–Trinajstić information content (AvgIpc) is 3.29. The molecule has 0 aliphatic carbocycles. The molecule has 0 fully saturated rings. The zero-order valence-electron chi connectivity index (χ0n) is 18.3. The Morgan fingerprint density at radius 1 is 1.03 bits per heavy atom. The largest absolute Gasteiger partial charge is 0.497 e. The second kappa shape index (κ2) is 10.6. The number of ether oxygens (including phenoxy) is 2. The SMILES string of the molecule is CCOc1ccccc1NC(=O)CSc1nnc(-c2ccncc2)n1-c1ccc(OC)cc1. The van der Waals surface area contributed by atoms with Crippen LogP contribution in [0.3, 0.4) is 0 Å². The van der Waals surface area contributed by atoms with Gasteiger partial charge in [0.2, 0.25) is 5.91 Å². The van der Waals surface area contributed by atoms with E-state index in [-0.39, 0.29) is 11.7 Å². The van der Waals surface area contributed by atoms with Gasteiger partial charge in [0.1, 0.15) is 11.5 Å². The zero-order chi connectivity index (χ0) is 23.0. The summed E-state index contributed by atoms with van der Waals surface area (Å²) in [6, 6.07) is 18.7. The van der Waals surface area contributed by atoms with Gasteiger partial charge in [0.25, 0.3) is 0 Å². The summed E-state index contributed by atoms with van der Waals surface area (Å²) in [7, 11) is 1.62. The molecule has 0 saturated heterocycles. The summed E-state index contributed by atoms with van der Waals surface area (Å²) in [6.45, 7) is 2.42. The van der Waals surface area contributed by atoms with Crippen LogP contribution in [0.15, 0.2) is 78.2 Å². The van der Waals surface area contributed by atoms with Crippen LogP contribution in [0.5, 0.6) is 11.5 Å². The van der Waals surface area contributed by atoms with Gasteiger partial charge in [-0.2, -0.15) is 0 Å². The first-order valence-corrected chi connectivity index (χ1v) is 11.3. The highest BCUT2D eigenvalue weighted by atomic mass is 32.2. The van der Waals surface area contributed by atoms with Gasteiger partial charge in [0.05, 0.1) is 25.2 Å². The Labute approximate surface area is 196 Å². The second-order valence-electron chi connectivity index (χ2n) is 6.84. The molecule has 1 amide bonds. The van der Waals surface area contributed by atoms with Crippen LogP contribution in [0.2, 0.25) is 0 Å². The van der Waals surface area contributed by atoms with Gasteiger partial charge in [-0.3, -0.25) is 14.3 Å². The standard InChI is InChI=1S/C24H23N5O3S/c1-3-32-21-7-5-4-6-20(21)26-22(30)16-33-24-28-27-23(17-12-14-25-15-13-17)29(24)18-8-10-19(31-2)11-9-18/h4-15H,3,16H2,1-2H3,(H,26,30). The lowest BCUT2D eigenvalue weighted by atomic mass is 10.2. The Bertz CT molecular complexity index is 1210. The van der Waals surface area contributed by atoms with Crippen molar-refractivity contribution in [3.63, 3.8) is 0 Å². The number of hydrogen-bond donors (Lipinski definition) is 1. The molecule has 8 nitrogen and oxygen atoms in total. The van der Waals surface area contributed by atoms with Crippen LogP contribution in [-0.2, 0) is 4.79 Å². The van der Waals surface area contributed by atoms with Crippen LogP contribution < -0.4 is 14.8 Å². The molecule has 0 atom stereocenters. The predicted molar refractivity (Wildman–Crippen MR) is 128 cm³/mol. The molecule has 2 heterocycles. The normalized spacial score (nSPS) is 10.6. The summed E-state index contributed by atoms with van der Waals surface area (Å²) in [4.78, 5) is 16.8. The fourth-order valence-electron chi connectivity index (χ4n) is 3.18. The second-order valence-corrected chi connectivity index (χ2v) is 7.78. The minimum atomic E-state index is -0.165. The number of methoxy groups -OCH3 is 1. The highest BCUT2D eigenvalue weighted by Crippen LogP contribution is 2.29. The van der Waals surface area contributed by atoms with Crippen molar-refractivity contribution in [3.05, 3.63) is 73.1 Å². The number of benzene rings is 2. The van der Waals surface area contributed by atoms with Crippen LogP contribution in [0, 0.1) is 0 Å². The highest BCUT2D eigenvalue weighted by molar-refractivity contribution is 7.99. The van der Waals surface area contributed by atoms with Gasteiger partial charge in [-0.1, -0.05) is 23.9 Å². The minimum absolute atomic E-state index is 0.158. The molecule has 2 aromatic carbocycles. The molecule has 9 heteroatoms. The molecule has 0 saturated carbocycles. The first kappa shape index (κ1) is 22.3. The maximum absolute atomic E-state index is 12.7. The fourth-order valence-corrected chi connectivity index (χ4v) is 3.93. The molecule has 2 aromatic heterocycles. The summed E-state index contributed by atoms with van der Waals surface area (Å²) >= 11 is 1.30. The number of nitrogens with one attached hydrogen (secondary N) is 1.